The Labute approximate surface area is 90.9 Å². The van der Waals surface area contributed by atoms with Crippen molar-refractivity contribution < 1.29 is 19.8 Å². The first kappa shape index (κ1) is 19.1. The number of rotatable bonds is 2. The number of carboxylic acid groups (broad SMARTS) is 2. The number of hydrogen-bond acceptors (Lipinski definition) is 2. The Kier molecular flexibility index (Phi) is 15.8. The Balaban J connectivity index is -0.000000153. The Hall–Kier alpha value is -1.58. The third kappa shape index (κ3) is 32.7. The lowest BCUT2D eigenvalue weighted by Gasteiger charge is -1.79. The van der Waals surface area contributed by atoms with Crippen molar-refractivity contribution >= 4 is 11.9 Å². The summed E-state index contributed by atoms with van der Waals surface area (Å²) in [6, 6.07) is 0. The second kappa shape index (κ2) is 12.4. The van der Waals surface area contributed by atoms with E-state index >= 15 is 0 Å². The van der Waals surface area contributed by atoms with Crippen LogP contribution in [0.3, 0.4) is 0 Å². The van der Waals surface area contributed by atoms with Crippen LogP contribution in [0.5, 0.6) is 0 Å². The van der Waals surface area contributed by atoms with Crippen molar-refractivity contribution in [2.75, 3.05) is 0 Å². The SMILES string of the molecule is C=C(C)C(=O)O.C=C(C)C(=O)O.CCC. The molecule has 0 saturated heterocycles. The molecular weight excluding hydrogens is 196 g/mol. The van der Waals surface area contributed by atoms with Crippen LogP contribution >= 0.6 is 0 Å². The van der Waals surface area contributed by atoms with Gasteiger partial charge in [0.15, 0.2) is 0 Å². The second-order valence-corrected chi connectivity index (χ2v) is 2.88. The molecule has 0 heterocycles. The van der Waals surface area contributed by atoms with Gasteiger partial charge in [-0.15, -0.1) is 0 Å². The average Bonchev–Trinajstić information content (AvgIpc) is 2.06. The predicted molar refractivity (Wildman–Crippen MR) is 60.9 cm³/mol. The molecule has 0 fully saturated rings. The minimum absolute atomic E-state index is 0.176. The number of carbonyl (C=O) groups is 2. The lowest BCUT2D eigenvalue weighted by Crippen LogP contribution is -1.92. The third-order valence-electron chi connectivity index (χ3n) is 0.730. The summed E-state index contributed by atoms with van der Waals surface area (Å²) in [5.41, 5.74) is 0.352. The fourth-order valence-electron chi connectivity index (χ4n) is 0. The molecule has 0 spiro atoms. The molecule has 0 atom stereocenters. The zero-order valence-electron chi connectivity index (χ0n) is 9.83. The quantitative estimate of drug-likeness (QED) is 0.696. The minimum Gasteiger partial charge on any atom is -0.478 e. The Morgan fingerprint density at radius 2 is 1.00 bits per heavy atom. The average molecular weight is 216 g/mol. The predicted octanol–water partition coefficient (Wildman–Crippen LogP) is 2.71. The molecule has 4 heteroatoms. The molecule has 0 saturated carbocycles. The molecule has 0 amide bonds. The molecule has 0 aromatic carbocycles. The highest BCUT2D eigenvalue weighted by Crippen LogP contribution is 1.81. The Morgan fingerprint density at radius 3 is 1.00 bits per heavy atom. The van der Waals surface area contributed by atoms with Crippen molar-refractivity contribution in [1.29, 1.82) is 0 Å². The lowest BCUT2D eigenvalue weighted by atomic mass is 10.4. The lowest BCUT2D eigenvalue weighted by molar-refractivity contribution is -0.133. The van der Waals surface area contributed by atoms with Crippen molar-refractivity contribution in [3.05, 3.63) is 24.3 Å². The summed E-state index contributed by atoms with van der Waals surface area (Å²) in [5, 5.41) is 15.8. The van der Waals surface area contributed by atoms with Gasteiger partial charge in [-0.3, -0.25) is 0 Å². The molecule has 4 nitrogen and oxygen atoms in total. The summed E-state index contributed by atoms with van der Waals surface area (Å²) in [6.45, 7) is 13.5. The van der Waals surface area contributed by atoms with E-state index < -0.39 is 11.9 Å². The van der Waals surface area contributed by atoms with Crippen molar-refractivity contribution in [1.82, 2.24) is 0 Å². The van der Waals surface area contributed by atoms with E-state index in [-0.39, 0.29) is 11.1 Å². The normalized spacial score (nSPS) is 7.20. The molecule has 88 valence electrons. The maximum absolute atomic E-state index is 9.60. The number of aliphatic carboxylic acids is 2. The van der Waals surface area contributed by atoms with E-state index in [9.17, 15) is 9.59 Å². The smallest absolute Gasteiger partial charge is 0.330 e. The molecule has 2 N–H and O–H groups in total. The van der Waals surface area contributed by atoms with E-state index in [1.54, 1.807) is 0 Å². The molecule has 0 unspecified atom stereocenters. The van der Waals surface area contributed by atoms with E-state index in [0.29, 0.717) is 0 Å². The monoisotopic (exact) mass is 216 g/mol. The molecule has 0 rings (SSSR count). The summed E-state index contributed by atoms with van der Waals surface area (Å²) < 4.78 is 0. The van der Waals surface area contributed by atoms with Gasteiger partial charge in [0.05, 0.1) is 0 Å². The van der Waals surface area contributed by atoms with Gasteiger partial charge in [-0.2, -0.15) is 0 Å². The van der Waals surface area contributed by atoms with E-state index in [4.69, 9.17) is 10.2 Å². The molecule has 0 aromatic heterocycles. The van der Waals surface area contributed by atoms with E-state index in [0.717, 1.165) is 0 Å². The van der Waals surface area contributed by atoms with Crippen LogP contribution in [-0.4, -0.2) is 22.2 Å². The van der Waals surface area contributed by atoms with Crippen LogP contribution in [0.15, 0.2) is 24.3 Å². The standard InChI is InChI=1S/2C4H6O2.C3H8/c2*1-3(2)4(5)6;1-3-2/h2*1H2,2H3,(H,5,6);3H2,1-2H3. The highest BCUT2D eigenvalue weighted by atomic mass is 16.4. The molecule has 0 bridgehead atoms. The minimum atomic E-state index is -0.935. The maximum atomic E-state index is 9.60. The highest BCUT2D eigenvalue weighted by molar-refractivity contribution is 5.85. The van der Waals surface area contributed by atoms with Gasteiger partial charge in [-0.25, -0.2) is 9.59 Å². The first-order valence-corrected chi connectivity index (χ1v) is 4.48. The second-order valence-electron chi connectivity index (χ2n) is 2.88. The number of hydrogen-bond donors (Lipinski definition) is 2. The highest BCUT2D eigenvalue weighted by Gasteiger charge is 1.90. The zero-order valence-corrected chi connectivity index (χ0v) is 9.83. The molecular formula is C11H20O4. The molecule has 0 aliphatic carbocycles. The number of carboxylic acids is 2. The van der Waals surface area contributed by atoms with Crippen LogP contribution in [-0.2, 0) is 9.59 Å². The molecule has 15 heavy (non-hydrogen) atoms. The van der Waals surface area contributed by atoms with Gasteiger partial charge in [0.2, 0.25) is 0 Å². The van der Waals surface area contributed by atoms with Gasteiger partial charge >= 0.3 is 11.9 Å². The van der Waals surface area contributed by atoms with Crippen LogP contribution in [0.2, 0.25) is 0 Å². The summed E-state index contributed by atoms with van der Waals surface area (Å²) in [5.74, 6) is -1.87. The fraction of sp³-hybridized carbons (Fsp3) is 0.455. The fourth-order valence-corrected chi connectivity index (χ4v) is 0. The Bertz CT molecular complexity index is 181. The zero-order chi connectivity index (χ0) is 13.0. The maximum Gasteiger partial charge on any atom is 0.330 e. The molecule has 0 aromatic rings. The van der Waals surface area contributed by atoms with Crippen molar-refractivity contribution in [3.8, 4) is 0 Å². The first-order chi connectivity index (χ1) is 6.70. The third-order valence-corrected chi connectivity index (χ3v) is 0.730. The molecule has 0 radical (unpaired) electrons. The van der Waals surface area contributed by atoms with Crippen LogP contribution in [0.25, 0.3) is 0 Å². The largest absolute Gasteiger partial charge is 0.478 e. The van der Waals surface area contributed by atoms with Gasteiger partial charge in [0.1, 0.15) is 0 Å². The van der Waals surface area contributed by atoms with Crippen LogP contribution in [0.4, 0.5) is 0 Å². The van der Waals surface area contributed by atoms with E-state index in [2.05, 4.69) is 27.0 Å². The van der Waals surface area contributed by atoms with Gasteiger partial charge in [-0.1, -0.05) is 33.4 Å². The van der Waals surface area contributed by atoms with Crippen LogP contribution < -0.4 is 0 Å². The molecule has 0 aliphatic rings. The van der Waals surface area contributed by atoms with Gasteiger partial charge < -0.3 is 10.2 Å². The summed E-state index contributed by atoms with van der Waals surface area (Å²) in [7, 11) is 0. The van der Waals surface area contributed by atoms with Crippen molar-refractivity contribution in [2.45, 2.75) is 34.1 Å². The first-order valence-electron chi connectivity index (χ1n) is 4.48. The van der Waals surface area contributed by atoms with E-state index in [1.165, 1.54) is 20.3 Å². The van der Waals surface area contributed by atoms with Crippen LogP contribution in [0, 0.1) is 0 Å². The van der Waals surface area contributed by atoms with Gasteiger partial charge in [0, 0.05) is 11.1 Å². The summed E-state index contributed by atoms with van der Waals surface area (Å²) in [6.07, 6.45) is 1.25. The van der Waals surface area contributed by atoms with Crippen molar-refractivity contribution in [2.24, 2.45) is 0 Å². The van der Waals surface area contributed by atoms with Crippen molar-refractivity contribution in [3.63, 3.8) is 0 Å². The topological polar surface area (TPSA) is 74.6 Å². The van der Waals surface area contributed by atoms with Gasteiger partial charge in [-0.05, 0) is 13.8 Å². The summed E-state index contributed by atoms with van der Waals surface area (Å²) >= 11 is 0. The molecule has 0 aliphatic heterocycles. The Morgan fingerprint density at radius 1 is 0.933 bits per heavy atom. The van der Waals surface area contributed by atoms with E-state index in [1.807, 2.05) is 0 Å². The van der Waals surface area contributed by atoms with Crippen LogP contribution in [0.1, 0.15) is 34.1 Å². The van der Waals surface area contributed by atoms with Gasteiger partial charge in [0.25, 0.3) is 0 Å². The summed E-state index contributed by atoms with van der Waals surface area (Å²) in [4.78, 5) is 19.2.